The van der Waals surface area contributed by atoms with Crippen LogP contribution in [0, 0.1) is 11.8 Å². The third kappa shape index (κ3) is 4.94. The molecule has 1 atom stereocenters. The van der Waals surface area contributed by atoms with Gasteiger partial charge in [-0.3, -0.25) is 9.69 Å². The van der Waals surface area contributed by atoms with E-state index in [0.29, 0.717) is 24.8 Å². The van der Waals surface area contributed by atoms with Gasteiger partial charge in [0, 0.05) is 39.1 Å². The van der Waals surface area contributed by atoms with Crippen molar-refractivity contribution >= 4 is 5.91 Å². The molecule has 0 spiro atoms. The first-order valence-corrected chi connectivity index (χ1v) is 7.27. The molecule has 1 heterocycles. The minimum atomic E-state index is 0.288. The molecule has 1 unspecified atom stereocenters. The normalized spacial score (nSPS) is 19.3. The number of hydrogen-bond acceptors (Lipinski definition) is 3. The summed E-state index contributed by atoms with van der Waals surface area (Å²) >= 11 is 0. The first-order valence-electron chi connectivity index (χ1n) is 7.27. The van der Waals surface area contributed by atoms with E-state index in [9.17, 15) is 4.79 Å². The molecule has 1 rings (SSSR count). The average molecular weight is 255 g/mol. The second-order valence-corrected chi connectivity index (χ2v) is 5.79. The minimum absolute atomic E-state index is 0.288. The number of amides is 1. The van der Waals surface area contributed by atoms with Gasteiger partial charge in [0.05, 0.1) is 0 Å². The van der Waals surface area contributed by atoms with E-state index in [1.807, 2.05) is 4.90 Å². The van der Waals surface area contributed by atoms with E-state index in [4.69, 9.17) is 5.73 Å². The molecule has 0 bridgehead atoms. The molecule has 0 aromatic rings. The molecule has 0 saturated carbocycles. The van der Waals surface area contributed by atoms with Crippen LogP contribution in [0.2, 0.25) is 0 Å². The SMILES string of the molecule is CCC(CN)CC(=O)N1CCN(CC(C)C)CC1. The van der Waals surface area contributed by atoms with Crippen LogP contribution in [0.1, 0.15) is 33.6 Å². The fourth-order valence-electron chi connectivity index (χ4n) is 2.47. The highest BCUT2D eigenvalue weighted by Crippen LogP contribution is 2.11. The smallest absolute Gasteiger partial charge is 0.222 e. The van der Waals surface area contributed by atoms with Crippen molar-refractivity contribution in [2.45, 2.75) is 33.6 Å². The molecule has 0 radical (unpaired) electrons. The van der Waals surface area contributed by atoms with Crippen molar-refractivity contribution in [3.63, 3.8) is 0 Å². The Morgan fingerprint density at radius 3 is 2.28 bits per heavy atom. The molecule has 4 nitrogen and oxygen atoms in total. The maximum Gasteiger partial charge on any atom is 0.222 e. The Balaban J connectivity index is 2.31. The van der Waals surface area contributed by atoms with Crippen molar-refractivity contribution in [2.75, 3.05) is 39.3 Å². The van der Waals surface area contributed by atoms with E-state index in [1.165, 1.54) is 0 Å². The minimum Gasteiger partial charge on any atom is -0.340 e. The van der Waals surface area contributed by atoms with Gasteiger partial charge in [0.15, 0.2) is 0 Å². The van der Waals surface area contributed by atoms with Crippen LogP contribution < -0.4 is 5.73 Å². The summed E-state index contributed by atoms with van der Waals surface area (Å²) in [6.07, 6.45) is 1.62. The fraction of sp³-hybridized carbons (Fsp3) is 0.929. The molecule has 1 saturated heterocycles. The Morgan fingerprint density at radius 1 is 1.22 bits per heavy atom. The monoisotopic (exact) mass is 255 g/mol. The zero-order valence-electron chi connectivity index (χ0n) is 12.2. The van der Waals surface area contributed by atoms with Crippen LogP contribution in [0.3, 0.4) is 0 Å². The summed E-state index contributed by atoms with van der Waals surface area (Å²) < 4.78 is 0. The number of piperazine rings is 1. The Kier molecular flexibility index (Phi) is 6.65. The molecule has 0 aromatic heterocycles. The number of hydrogen-bond donors (Lipinski definition) is 1. The predicted octanol–water partition coefficient (Wildman–Crippen LogP) is 1.16. The van der Waals surface area contributed by atoms with E-state index in [2.05, 4.69) is 25.7 Å². The van der Waals surface area contributed by atoms with E-state index in [0.717, 1.165) is 39.1 Å². The third-order valence-corrected chi connectivity index (χ3v) is 3.72. The zero-order chi connectivity index (χ0) is 13.5. The van der Waals surface area contributed by atoms with Crippen LogP contribution in [0.25, 0.3) is 0 Å². The van der Waals surface area contributed by atoms with E-state index >= 15 is 0 Å². The van der Waals surface area contributed by atoms with Crippen molar-refractivity contribution in [2.24, 2.45) is 17.6 Å². The van der Waals surface area contributed by atoms with Gasteiger partial charge in [-0.05, 0) is 18.4 Å². The van der Waals surface area contributed by atoms with Crippen LogP contribution in [0.5, 0.6) is 0 Å². The number of carbonyl (C=O) groups is 1. The van der Waals surface area contributed by atoms with Gasteiger partial charge in [0.2, 0.25) is 5.91 Å². The van der Waals surface area contributed by atoms with Gasteiger partial charge < -0.3 is 10.6 Å². The Morgan fingerprint density at radius 2 is 1.83 bits per heavy atom. The Hall–Kier alpha value is -0.610. The summed E-state index contributed by atoms with van der Waals surface area (Å²) in [4.78, 5) is 16.6. The Labute approximate surface area is 111 Å². The van der Waals surface area contributed by atoms with Crippen molar-refractivity contribution in [1.82, 2.24) is 9.80 Å². The number of nitrogens with zero attached hydrogens (tertiary/aromatic N) is 2. The van der Waals surface area contributed by atoms with E-state index in [-0.39, 0.29) is 5.91 Å². The number of carbonyl (C=O) groups excluding carboxylic acids is 1. The molecule has 4 heteroatoms. The average Bonchev–Trinajstić information content (AvgIpc) is 2.35. The van der Waals surface area contributed by atoms with Crippen LogP contribution in [0.15, 0.2) is 0 Å². The van der Waals surface area contributed by atoms with Crippen LogP contribution in [-0.2, 0) is 4.79 Å². The molecule has 0 aromatic carbocycles. The highest BCUT2D eigenvalue weighted by Gasteiger charge is 2.22. The van der Waals surface area contributed by atoms with Crippen LogP contribution >= 0.6 is 0 Å². The molecular formula is C14H29N3O. The van der Waals surface area contributed by atoms with Gasteiger partial charge in [-0.15, -0.1) is 0 Å². The van der Waals surface area contributed by atoms with Crippen molar-refractivity contribution in [3.05, 3.63) is 0 Å². The molecule has 18 heavy (non-hydrogen) atoms. The summed E-state index contributed by atoms with van der Waals surface area (Å²) in [6, 6.07) is 0. The van der Waals surface area contributed by atoms with Gasteiger partial charge in [-0.1, -0.05) is 27.2 Å². The molecule has 1 aliphatic heterocycles. The largest absolute Gasteiger partial charge is 0.340 e. The lowest BCUT2D eigenvalue weighted by molar-refractivity contribution is -0.134. The van der Waals surface area contributed by atoms with Gasteiger partial charge in [-0.2, -0.15) is 0 Å². The third-order valence-electron chi connectivity index (χ3n) is 3.72. The molecule has 2 N–H and O–H groups in total. The number of rotatable bonds is 6. The maximum absolute atomic E-state index is 12.1. The van der Waals surface area contributed by atoms with E-state index in [1.54, 1.807) is 0 Å². The van der Waals surface area contributed by atoms with Gasteiger partial charge in [-0.25, -0.2) is 0 Å². The van der Waals surface area contributed by atoms with E-state index < -0.39 is 0 Å². The summed E-state index contributed by atoms with van der Waals surface area (Å²) in [5.41, 5.74) is 5.66. The molecular weight excluding hydrogens is 226 g/mol. The lowest BCUT2D eigenvalue weighted by atomic mass is 10.0. The van der Waals surface area contributed by atoms with Gasteiger partial charge in [0.1, 0.15) is 0 Å². The molecule has 1 fully saturated rings. The van der Waals surface area contributed by atoms with Crippen molar-refractivity contribution in [3.8, 4) is 0 Å². The second kappa shape index (κ2) is 7.74. The number of nitrogens with two attached hydrogens (primary N) is 1. The first kappa shape index (κ1) is 15.4. The van der Waals surface area contributed by atoms with Crippen LogP contribution in [0.4, 0.5) is 0 Å². The van der Waals surface area contributed by atoms with Crippen LogP contribution in [-0.4, -0.2) is 55.0 Å². The highest BCUT2D eigenvalue weighted by molar-refractivity contribution is 5.76. The van der Waals surface area contributed by atoms with Gasteiger partial charge in [0.25, 0.3) is 0 Å². The standard InChI is InChI=1S/C14H29N3O/c1-4-13(10-15)9-14(18)17-7-5-16(6-8-17)11-12(2)3/h12-13H,4-11,15H2,1-3H3. The highest BCUT2D eigenvalue weighted by atomic mass is 16.2. The zero-order valence-corrected chi connectivity index (χ0v) is 12.2. The second-order valence-electron chi connectivity index (χ2n) is 5.79. The van der Waals surface area contributed by atoms with Crippen molar-refractivity contribution in [1.29, 1.82) is 0 Å². The lowest BCUT2D eigenvalue weighted by Crippen LogP contribution is -2.49. The molecule has 1 amide bonds. The summed E-state index contributed by atoms with van der Waals surface area (Å²) in [7, 11) is 0. The fourth-order valence-corrected chi connectivity index (χ4v) is 2.47. The predicted molar refractivity (Wildman–Crippen MR) is 75.3 cm³/mol. The van der Waals surface area contributed by atoms with Gasteiger partial charge >= 0.3 is 0 Å². The molecule has 106 valence electrons. The summed E-state index contributed by atoms with van der Waals surface area (Å²) in [5, 5.41) is 0. The topological polar surface area (TPSA) is 49.6 Å². The maximum atomic E-state index is 12.1. The van der Waals surface area contributed by atoms with Crippen molar-refractivity contribution < 1.29 is 4.79 Å². The first-order chi connectivity index (χ1) is 8.56. The molecule has 0 aliphatic carbocycles. The summed E-state index contributed by atoms with van der Waals surface area (Å²) in [6.45, 7) is 12.1. The quantitative estimate of drug-likeness (QED) is 0.775. The Bertz CT molecular complexity index is 243. The lowest BCUT2D eigenvalue weighted by Gasteiger charge is -2.36. The summed E-state index contributed by atoms with van der Waals surface area (Å²) in [5.74, 6) is 1.34. The molecule has 1 aliphatic rings.